The zero-order chi connectivity index (χ0) is 14.6. The smallest absolute Gasteiger partial charge is 0.431 e. The first kappa shape index (κ1) is 15.5. The van der Waals surface area contributed by atoms with Crippen LogP contribution < -0.4 is 5.48 Å². The summed E-state index contributed by atoms with van der Waals surface area (Å²) in [5.74, 6) is -0.328. The van der Waals surface area contributed by atoms with Gasteiger partial charge in [0, 0.05) is 0 Å². The molecule has 7 heteroatoms. The van der Waals surface area contributed by atoms with Gasteiger partial charge in [-0.05, 0) is 31.9 Å². The summed E-state index contributed by atoms with van der Waals surface area (Å²) < 4.78 is 28.8. The molecule has 1 rings (SSSR count). The maximum atomic E-state index is 12.2. The van der Waals surface area contributed by atoms with E-state index in [9.17, 15) is 13.2 Å². The van der Waals surface area contributed by atoms with Gasteiger partial charge >= 0.3 is 6.09 Å². The van der Waals surface area contributed by atoms with E-state index in [0.717, 1.165) is 5.56 Å². The van der Waals surface area contributed by atoms with E-state index in [4.69, 9.17) is 5.21 Å². The molecule has 1 aromatic carbocycles. The minimum absolute atomic E-state index is 0.270. The van der Waals surface area contributed by atoms with E-state index in [2.05, 4.69) is 4.74 Å². The minimum Gasteiger partial charge on any atom is -0.447 e. The van der Waals surface area contributed by atoms with Gasteiger partial charge in [0.05, 0.1) is 10.6 Å². The molecular weight excluding hydrogens is 270 g/mol. The van der Waals surface area contributed by atoms with Crippen LogP contribution in [-0.2, 0) is 14.6 Å². The molecular formula is C12H17NO5S. The Hall–Kier alpha value is -1.60. The molecule has 0 fully saturated rings. The van der Waals surface area contributed by atoms with Crippen molar-refractivity contribution in [3.8, 4) is 0 Å². The van der Waals surface area contributed by atoms with Gasteiger partial charge in [0.15, 0.2) is 9.84 Å². The Balaban J connectivity index is 2.92. The lowest BCUT2D eigenvalue weighted by Crippen LogP contribution is -2.23. The van der Waals surface area contributed by atoms with Gasteiger partial charge in [-0.3, -0.25) is 5.21 Å². The molecule has 0 bridgehead atoms. The van der Waals surface area contributed by atoms with Crippen molar-refractivity contribution in [2.45, 2.75) is 25.7 Å². The summed E-state index contributed by atoms with van der Waals surface area (Å²) in [5, 5.41) is 8.23. The number of carbonyl (C=O) groups excluding carboxylic acids is 1. The van der Waals surface area contributed by atoms with E-state index in [0.29, 0.717) is 11.1 Å². The molecule has 0 aliphatic carbocycles. The fourth-order valence-electron chi connectivity index (χ4n) is 2.04. The molecule has 0 unspecified atom stereocenters. The van der Waals surface area contributed by atoms with E-state index < -0.39 is 15.9 Å². The van der Waals surface area contributed by atoms with Gasteiger partial charge in [-0.25, -0.2) is 18.7 Å². The zero-order valence-electron chi connectivity index (χ0n) is 11.1. The van der Waals surface area contributed by atoms with Crippen LogP contribution in [0.1, 0.15) is 16.7 Å². The Bertz CT molecular complexity index is 557. The number of ether oxygens (including phenoxy) is 1. The predicted octanol–water partition coefficient (Wildman–Crippen LogP) is 1.50. The van der Waals surface area contributed by atoms with Gasteiger partial charge < -0.3 is 4.74 Å². The molecule has 6 nitrogen and oxygen atoms in total. The fourth-order valence-corrected chi connectivity index (χ4v) is 3.64. The van der Waals surface area contributed by atoms with Crippen LogP contribution in [0.5, 0.6) is 0 Å². The summed E-state index contributed by atoms with van der Waals surface area (Å²) in [5.41, 5.74) is 3.60. The molecule has 0 aliphatic heterocycles. The zero-order valence-corrected chi connectivity index (χ0v) is 11.9. The summed E-state index contributed by atoms with van der Waals surface area (Å²) in [7, 11) is -3.53. The third kappa shape index (κ3) is 3.93. The third-order valence-corrected chi connectivity index (χ3v) is 4.56. The van der Waals surface area contributed by atoms with E-state index in [1.54, 1.807) is 26.0 Å². The minimum atomic E-state index is -3.53. The van der Waals surface area contributed by atoms with Crippen LogP contribution in [-0.4, -0.2) is 32.1 Å². The maximum Gasteiger partial charge on any atom is 0.431 e. The first-order valence-electron chi connectivity index (χ1n) is 5.65. The first-order chi connectivity index (χ1) is 8.77. The van der Waals surface area contributed by atoms with E-state index in [1.165, 1.54) is 5.48 Å². The molecule has 0 heterocycles. The Kier molecular flexibility index (Phi) is 4.90. The van der Waals surface area contributed by atoms with Gasteiger partial charge in [-0.2, -0.15) is 0 Å². The summed E-state index contributed by atoms with van der Waals surface area (Å²) >= 11 is 0. The van der Waals surface area contributed by atoms with Crippen molar-refractivity contribution in [2.24, 2.45) is 0 Å². The van der Waals surface area contributed by atoms with Crippen molar-refractivity contribution in [2.75, 3.05) is 12.4 Å². The summed E-state index contributed by atoms with van der Waals surface area (Å²) in [6, 6.07) is 3.59. The lowest BCUT2D eigenvalue weighted by Gasteiger charge is -2.12. The van der Waals surface area contributed by atoms with E-state index >= 15 is 0 Å². The molecule has 0 aliphatic rings. The number of amides is 1. The number of nitrogens with one attached hydrogen (secondary N) is 1. The first-order valence-corrected chi connectivity index (χ1v) is 7.30. The van der Waals surface area contributed by atoms with Crippen LogP contribution in [0.25, 0.3) is 0 Å². The lowest BCUT2D eigenvalue weighted by atomic mass is 10.1. The molecule has 19 heavy (non-hydrogen) atoms. The highest BCUT2D eigenvalue weighted by molar-refractivity contribution is 7.91. The van der Waals surface area contributed by atoms with Crippen LogP contribution in [0.3, 0.4) is 0 Å². The third-order valence-electron chi connectivity index (χ3n) is 2.59. The van der Waals surface area contributed by atoms with E-state index in [-0.39, 0.29) is 17.3 Å². The number of sulfone groups is 1. The van der Waals surface area contributed by atoms with Crippen molar-refractivity contribution >= 4 is 15.9 Å². The molecule has 0 aromatic heterocycles. The average molecular weight is 287 g/mol. The lowest BCUT2D eigenvalue weighted by molar-refractivity contribution is 0.0934. The molecule has 1 amide bonds. The van der Waals surface area contributed by atoms with Crippen LogP contribution in [0.4, 0.5) is 4.79 Å². The second-order valence-electron chi connectivity index (χ2n) is 4.29. The summed E-state index contributed by atoms with van der Waals surface area (Å²) in [4.78, 5) is 10.9. The van der Waals surface area contributed by atoms with Crippen LogP contribution in [0, 0.1) is 20.8 Å². The Labute approximate surface area is 112 Å². The second-order valence-corrected chi connectivity index (χ2v) is 6.34. The van der Waals surface area contributed by atoms with Gasteiger partial charge in [-0.15, -0.1) is 0 Å². The maximum absolute atomic E-state index is 12.2. The van der Waals surface area contributed by atoms with Crippen molar-refractivity contribution in [1.29, 1.82) is 0 Å². The fraction of sp³-hybridized carbons (Fsp3) is 0.417. The molecule has 0 saturated heterocycles. The number of aryl methyl sites for hydroxylation is 3. The highest BCUT2D eigenvalue weighted by Gasteiger charge is 2.20. The largest absolute Gasteiger partial charge is 0.447 e. The van der Waals surface area contributed by atoms with E-state index in [1.807, 2.05) is 6.92 Å². The molecule has 0 atom stereocenters. The molecule has 0 radical (unpaired) electrons. The summed E-state index contributed by atoms with van der Waals surface area (Å²) in [6.45, 7) is 5.04. The number of hydrogen-bond acceptors (Lipinski definition) is 5. The molecule has 1 aromatic rings. The van der Waals surface area contributed by atoms with Crippen molar-refractivity contribution < 1.29 is 23.2 Å². The van der Waals surface area contributed by atoms with Crippen molar-refractivity contribution in [3.63, 3.8) is 0 Å². The number of hydroxylamine groups is 1. The average Bonchev–Trinajstić information content (AvgIpc) is 2.26. The predicted molar refractivity (Wildman–Crippen MR) is 69.0 cm³/mol. The monoisotopic (exact) mass is 287 g/mol. The summed E-state index contributed by atoms with van der Waals surface area (Å²) in [6.07, 6.45) is -1.08. The Morgan fingerprint density at radius 3 is 2.26 bits per heavy atom. The Morgan fingerprint density at radius 2 is 1.79 bits per heavy atom. The van der Waals surface area contributed by atoms with Gasteiger partial charge in [0.25, 0.3) is 0 Å². The van der Waals surface area contributed by atoms with Gasteiger partial charge in [0.1, 0.15) is 6.61 Å². The quantitative estimate of drug-likeness (QED) is 0.646. The Morgan fingerprint density at radius 1 is 1.26 bits per heavy atom. The number of hydrogen-bond donors (Lipinski definition) is 2. The van der Waals surface area contributed by atoms with Crippen LogP contribution in [0.15, 0.2) is 17.0 Å². The molecule has 0 spiro atoms. The molecule has 2 N–H and O–H groups in total. The molecule has 106 valence electrons. The molecule has 0 saturated carbocycles. The topological polar surface area (TPSA) is 92.7 Å². The van der Waals surface area contributed by atoms with Crippen LogP contribution >= 0.6 is 0 Å². The standard InChI is InChI=1S/C12H17NO5S/c1-8-6-9(2)11(10(3)7-8)19(16,17)5-4-18-12(14)13-15/h6-7,15H,4-5H2,1-3H3,(H,13,14). The number of benzene rings is 1. The van der Waals surface area contributed by atoms with Gasteiger partial charge in [-0.1, -0.05) is 17.7 Å². The second kappa shape index (κ2) is 6.03. The highest BCUT2D eigenvalue weighted by atomic mass is 32.2. The normalized spacial score (nSPS) is 11.2. The van der Waals surface area contributed by atoms with Gasteiger partial charge in [0.2, 0.25) is 0 Å². The SMILES string of the molecule is Cc1cc(C)c(S(=O)(=O)CCOC(=O)NO)c(C)c1. The van der Waals surface area contributed by atoms with Crippen LogP contribution in [0.2, 0.25) is 0 Å². The highest BCUT2D eigenvalue weighted by Crippen LogP contribution is 2.22. The van der Waals surface area contributed by atoms with Crippen molar-refractivity contribution in [3.05, 3.63) is 28.8 Å². The number of carbonyl (C=O) groups is 1. The van der Waals surface area contributed by atoms with Crippen molar-refractivity contribution in [1.82, 2.24) is 5.48 Å². The number of rotatable bonds is 4.